The highest BCUT2D eigenvalue weighted by Crippen LogP contribution is 2.45. The van der Waals surface area contributed by atoms with Gasteiger partial charge in [-0.15, -0.1) is 0 Å². The molecule has 2 aliphatic rings. The summed E-state index contributed by atoms with van der Waals surface area (Å²) in [5.74, 6) is -0.175. The van der Waals surface area contributed by atoms with Crippen molar-refractivity contribution >= 4 is 11.0 Å². The molecule has 2 saturated carbocycles. The van der Waals surface area contributed by atoms with Crippen LogP contribution in [0.1, 0.15) is 54.6 Å². The molecule has 44 heavy (non-hydrogen) atoms. The summed E-state index contributed by atoms with van der Waals surface area (Å²) in [6, 6.07) is 5.42. The van der Waals surface area contributed by atoms with E-state index in [1.165, 1.54) is 47.9 Å². The Bertz CT molecular complexity index is 1980. The Hall–Kier alpha value is -4.88. The molecule has 2 aliphatic carbocycles. The van der Waals surface area contributed by atoms with Crippen LogP contribution >= 0.6 is 0 Å². The second kappa shape index (κ2) is 10.4. The van der Waals surface area contributed by atoms with Crippen LogP contribution in [0.2, 0.25) is 0 Å². The summed E-state index contributed by atoms with van der Waals surface area (Å²) in [6.07, 6.45) is 2.49. The van der Waals surface area contributed by atoms with Crippen molar-refractivity contribution in [2.75, 3.05) is 14.2 Å². The minimum atomic E-state index is -4.69. The van der Waals surface area contributed by atoms with Gasteiger partial charge in [-0.2, -0.15) is 13.2 Å². The Balaban J connectivity index is 1.32. The maximum atomic E-state index is 15.8. The van der Waals surface area contributed by atoms with Crippen molar-refractivity contribution in [3.63, 3.8) is 0 Å². The maximum absolute atomic E-state index is 15.8. The highest BCUT2D eigenvalue weighted by atomic mass is 19.4. The SMILES string of the molecule is COc1cc(Cn2c(=O)ccc3cnc(-c4c(OC)ncnc4C4CC4)nc32)cc(F)c1-c1nc(C(F)(F)F)cn1C1CC1. The second-order valence-electron chi connectivity index (χ2n) is 10.9. The molecule has 4 aromatic heterocycles. The van der Waals surface area contributed by atoms with Gasteiger partial charge in [0.1, 0.15) is 34.9 Å². The van der Waals surface area contributed by atoms with Crippen molar-refractivity contribution in [1.29, 1.82) is 0 Å². The molecular formula is C30H25F4N7O3. The summed E-state index contributed by atoms with van der Waals surface area (Å²) in [6.45, 7) is -0.108. The van der Waals surface area contributed by atoms with E-state index in [0.717, 1.165) is 24.7 Å². The van der Waals surface area contributed by atoms with Gasteiger partial charge in [0.15, 0.2) is 11.5 Å². The molecule has 7 rings (SSSR count). The molecule has 14 heteroatoms. The van der Waals surface area contributed by atoms with Crippen molar-refractivity contribution in [1.82, 2.24) is 34.1 Å². The standard InChI is InChI=1S/C30H25F4N7O3/c1-43-20-10-15(9-19(31)23(20)28-38-21(30(32,33)34)13-40(28)18-6-7-18)12-41-22(42)8-5-17-11-35-26(39-27(17)41)24-25(16-3-4-16)36-14-37-29(24)44-2/h5,8-11,13-14,16,18H,3-4,6-7,12H2,1-2H3. The van der Waals surface area contributed by atoms with E-state index in [9.17, 15) is 18.0 Å². The van der Waals surface area contributed by atoms with Crippen LogP contribution in [0.25, 0.3) is 33.8 Å². The quantitative estimate of drug-likeness (QED) is 0.211. The smallest absolute Gasteiger partial charge is 0.434 e. The number of aromatic nitrogens is 7. The van der Waals surface area contributed by atoms with Gasteiger partial charge in [-0.1, -0.05) is 0 Å². The fourth-order valence-corrected chi connectivity index (χ4v) is 5.39. The van der Waals surface area contributed by atoms with E-state index < -0.39 is 23.2 Å². The van der Waals surface area contributed by atoms with Crippen LogP contribution in [-0.2, 0) is 12.7 Å². The van der Waals surface area contributed by atoms with Gasteiger partial charge in [0.25, 0.3) is 5.56 Å². The summed E-state index contributed by atoms with van der Waals surface area (Å²) in [7, 11) is 2.79. The van der Waals surface area contributed by atoms with Crippen molar-refractivity contribution < 1.29 is 27.0 Å². The first-order valence-corrected chi connectivity index (χ1v) is 13.9. The van der Waals surface area contributed by atoms with Crippen LogP contribution in [-0.4, -0.2) is 48.3 Å². The normalized spacial score (nSPS) is 15.1. The summed E-state index contributed by atoms with van der Waals surface area (Å²) < 4.78 is 70.0. The van der Waals surface area contributed by atoms with Crippen molar-refractivity contribution in [3.8, 4) is 34.4 Å². The summed E-state index contributed by atoms with van der Waals surface area (Å²) in [4.78, 5) is 34.8. The number of alkyl halides is 3. The molecule has 0 atom stereocenters. The number of rotatable bonds is 8. The third kappa shape index (κ3) is 4.93. The highest BCUT2D eigenvalue weighted by molar-refractivity contribution is 5.78. The fraction of sp³-hybridized carbons (Fsp3) is 0.333. The lowest BCUT2D eigenvalue weighted by Crippen LogP contribution is -2.21. The van der Waals surface area contributed by atoms with E-state index >= 15 is 4.39 Å². The van der Waals surface area contributed by atoms with Gasteiger partial charge in [-0.05, 0) is 49.4 Å². The molecule has 2 fully saturated rings. The van der Waals surface area contributed by atoms with E-state index in [1.54, 1.807) is 12.3 Å². The second-order valence-corrected chi connectivity index (χ2v) is 10.9. The molecule has 0 amide bonds. The Morgan fingerprint density at radius 2 is 1.77 bits per heavy atom. The minimum Gasteiger partial charge on any atom is -0.496 e. The zero-order valence-corrected chi connectivity index (χ0v) is 23.6. The molecule has 0 radical (unpaired) electrons. The zero-order chi connectivity index (χ0) is 30.7. The third-order valence-corrected chi connectivity index (χ3v) is 7.81. The monoisotopic (exact) mass is 607 g/mol. The molecule has 1 aromatic carbocycles. The first kappa shape index (κ1) is 27.9. The Kier molecular flexibility index (Phi) is 6.59. The van der Waals surface area contributed by atoms with Gasteiger partial charge in [-0.3, -0.25) is 9.36 Å². The van der Waals surface area contributed by atoms with Gasteiger partial charge < -0.3 is 14.0 Å². The number of nitrogens with zero attached hydrogens (tertiary/aromatic N) is 7. The average molecular weight is 608 g/mol. The fourth-order valence-electron chi connectivity index (χ4n) is 5.39. The molecule has 0 aliphatic heterocycles. The number of pyridine rings is 1. The van der Waals surface area contributed by atoms with Gasteiger partial charge in [0, 0.05) is 35.8 Å². The molecule has 0 unspecified atom stereocenters. The van der Waals surface area contributed by atoms with E-state index in [-0.39, 0.29) is 47.1 Å². The molecule has 0 spiro atoms. The lowest BCUT2D eigenvalue weighted by atomic mass is 10.1. The molecule has 4 heterocycles. The lowest BCUT2D eigenvalue weighted by Gasteiger charge is -2.15. The van der Waals surface area contributed by atoms with Gasteiger partial charge in [0.05, 0.1) is 32.0 Å². The highest BCUT2D eigenvalue weighted by Gasteiger charge is 2.38. The average Bonchev–Trinajstić information content (AvgIpc) is 3.95. The first-order valence-electron chi connectivity index (χ1n) is 13.9. The summed E-state index contributed by atoms with van der Waals surface area (Å²) >= 11 is 0. The number of ether oxygens (including phenoxy) is 2. The predicted octanol–water partition coefficient (Wildman–Crippen LogP) is 5.55. The Labute approximate surface area is 247 Å². The van der Waals surface area contributed by atoms with Crippen LogP contribution in [0.15, 0.2) is 47.8 Å². The predicted molar refractivity (Wildman–Crippen MR) is 150 cm³/mol. The van der Waals surface area contributed by atoms with Crippen LogP contribution in [0.4, 0.5) is 17.6 Å². The number of imidazole rings is 1. The van der Waals surface area contributed by atoms with Gasteiger partial charge >= 0.3 is 6.18 Å². The molecule has 5 aromatic rings. The number of hydrogen-bond donors (Lipinski definition) is 0. The summed E-state index contributed by atoms with van der Waals surface area (Å²) in [5.41, 5.74) is 0.245. The van der Waals surface area contributed by atoms with Gasteiger partial charge in [0.2, 0.25) is 5.88 Å². The molecule has 0 saturated heterocycles. The van der Waals surface area contributed by atoms with Crippen molar-refractivity contribution in [2.24, 2.45) is 0 Å². The zero-order valence-electron chi connectivity index (χ0n) is 23.6. The number of benzene rings is 1. The Morgan fingerprint density at radius 3 is 2.45 bits per heavy atom. The van der Waals surface area contributed by atoms with Gasteiger partial charge in [-0.25, -0.2) is 29.3 Å². The number of hydrogen-bond acceptors (Lipinski definition) is 8. The van der Waals surface area contributed by atoms with Crippen molar-refractivity contribution in [2.45, 2.75) is 50.4 Å². The topological polar surface area (TPSA) is 110 Å². The number of halogens is 4. The number of fused-ring (bicyclic) bond motifs is 1. The number of methoxy groups -OCH3 is 2. The maximum Gasteiger partial charge on any atom is 0.434 e. The van der Waals surface area contributed by atoms with E-state index in [4.69, 9.17) is 14.5 Å². The summed E-state index contributed by atoms with van der Waals surface area (Å²) in [5, 5.41) is 0.562. The minimum absolute atomic E-state index is 0.00919. The van der Waals surface area contributed by atoms with Crippen LogP contribution < -0.4 is 15.0 Å². The third-order valence-electron chi connectivity index (χ3n) is 7.81. The molecule has 226 valence electrons. The molecule has 10 nitrogen and oxygen atoms in total. The van der Waals surface area contributed by atoms with E-state index in [2.05, 4.69) is 19.9 Å². The van der Waals surface area contributed by atoms with Crippen LogP contribution in [0, 0.1) is 5.82 Å². The molecular weight excluding hydrogens is 582 g/mol. The van der Waals surface area contributed by atoms with E-state index in [1.807, 2.05) is 0 Å². The van der Waals surface area contributed by atoms with Crippen LogP contribution in [0.3, 0.4) is 0 Å². The molecule has 0 N–H and O–H groups in total. The van der Waals surface area contributed by atoms with E-state index in [0.29, 0.717) is 35.2 Å². The lowest BCUT2D eigenvalue weighted by molar-refractivity contribution is -0.140. The van der Waals surface area contributed by atoms with Crippen molar-refractivity contribution in [3.05, 3.63) is 76.1 Å². The molecule has 0 bridgehead atoms. The Morgan fingerprint density at radius 1 is 0.977 bits per heavy atom. The largest absolute Gasteiger partial charge is 0.496 e. The van der Waals surface area contributed by atoms with Crippen LogP contribution in [0.5, 0.6) is 11.6 Å². The first-order chi connectivity index (χ1) is 21.2.